The van der Waals surface area contributed by atoms with Gasteiger partial charge in [-0.1, -0.05) is 32.1 Å². The monoisotopic (exact) mass is 263 g/mol. The summed E-state index contributed by atoms with van der Waals surface area (Å²) in [4.78, 5) is 0. The molecule has 0 aliphatic carbocycles. The van der Waals surface area contributed by atoms with Crippen LogP contribution in [0.3, 0.4) is 0 Å². The lowest BCUT2D eigenvalue weighted by atomic mass is 10.1. The highest BCUT2D eigenvalue weighted by atomic mass is 16.5. The van der Waals surface area contributed by atoms with Crippen molar-refractivity contribution in [2.75, 3.05) is 20.3 Å². The van der Waals surface area contributed by atoms with E-state index in [0.29, 0.717) is 12.6 Å². The Hall–Kier alpha value is -1.48. The van der Waals surface area contributed by atoms with Crippen molar-refractivity contribution in [3.63, 3.8) is 0 Å². The van der Waals surface area contributed by atoms with Gasteiger partial charge in [0, 0.05) is 6.04 Å². The molecule has 0 aliphatic rings. The fourth-order valence-electron chi connectivity index (χ4n) is 1.77. The quantitative estimate of drug-likeness (QED) is 0.778. The Labute approximate surface area is 116 Å². The summed E-state index contributed by atoms with van der Waals surface area (Å²) in [6, 6.07) is 6.37. The molecule has 0 aliphatic heterocycles. The lowest BCUT2D eigenvalue weighted by Crippen LogP contribution is -2.22. The Morgan fingerprint density at radius 1 is 1.26 bits per heavy atom. The molecule has 106 valence electrons. The van der Waals surface area contributed by atoms with E-state index in [0.717, 1.165) is 30.0 Å². The van der Waals surface area contributed by atoms with Crippen LogP contribution < -0.4 is 14.8 Å². The lowest BCUT2D eigenvalue weighted by Gasteiger charge is -2.11. The minimum Gasteiger partial charge on any atom is -0.493 e. The van der Waals surface area contributed by atoms with E-state index in [9.17, 15) is 0 Å². The molecular weight excluding hydrogens is 238 g/mol. The Morgan fingerprint density at radius 2 is 2.05 bits per heavy atom. The second kappa shape index (κ2) is 8.59. The molecule has 19 heavy (non-hydrogen) atoms. The van der Waals surface area contributed by atoms with Crippen molar-refractivity contribution in [2.45, 2.75) is 33.2 Å². The van der Waals surface area contributed by atoms with Crippen molar-refractivity contribution in [3.8, 4) is 11.5 Å². The fourth-order valence-corrected chi connectivity index (χ4v) is 1.77. The molecule has 1 rings (SSSR count). The maximum atomic E-state index is 5.70. The maximum Gasteiger partial charge on any atom is 0.161 e. The highest BCUT2D eigenvalue weighted by Gasteiger charge is 2.04. The lowest BCUT2D eigenvalue weighted by molar-refractivity contribution is 0.294. The third kappa shape index (κ3) is 5.35. The second-order valence-electron chi connectivity index (χ2n) is 4.46. The van der Waals surface area contributed by atoms with Crippen molar-refractivity contribution in [2.24, 2.45) is 0 Å². The molecular formula is C16H25NO2. The van der Waals surface area contributed by atoms with Crippen LogP contribution in [0.2, 0.25) is 0 Å². The Balaban J connectivity index is 2.79. The molecule has 0 amide bonds. The number of nitrogens with one attached hydrogen (secondary N) is 1. The van der Waals surface area contributed by atoms with Crippen LogP contribution in [0.1, 0.15) is 32.8 Å². The SMILES string of the molecule is CCCOc1cc(/C=C/C(C)NCC)ccc1OC. The van der Waals surface area contributed by atoms with Crippen molar-refractivity contribution >= 4 is 6.08 Å². The predicted octanol–water partition coefficient (Wildman–Crippen LogP) is 3.50. The Kier molecular flexibility index (Phi) is 7.04. The first-order valence-electron chi connectivity index (χ1n) is 6.93. The van der Waals surface area contributed by atoms with E-state index < -0.39 is 0 Å². The molecule has 0 aromatic heterocycles. The van der Waals surface area contributed by atoms with Crippen LogP contribution in [0.15, 0.2) is 24.3 Å². The smallest absolute Gasteiger partial charge is 0.161 e. The van der Waals surface area contributed by atoms with E-state index in [-0.39, 0.29) is 0 Å². The second-order valence-corrected chi connectivity index (χ2v) is 4.46. The first-order chi connectivity index (χ1) is 9.21. The molecule has 0 bridgehead atoms. The van der Waals surface area contributed by atoms with Crippen molar-refractivity contribution < 1.29 is 9.47 Å². The molecule has 1 atom stereocenters. The van der Waals surface area contributed by atoms with Gasteiger partial charge in [-0.2, -0.15) is 0 Å². The van der Waals surface area contributed by atoms with Crippen molar-refractivity contribution in [1.82, 2.24) is 5.32 Å². The summed E-state index contributed by atoms with van der Waals surface area (Å²) in [6.07, 6.45) is 5.24. The van der Waals surface area contributed by atoms with Gasteiger partial charge in [0.2, 0.25) is 0 Å². The highest BCUT2D eigenvalue weighted by molar-refractivity contribution is 5.56. The van der Waals surface area contributed by atoms with E-state index in [2.05, 4.69) is 38.2 Å². The molecule has 0 heterocycles. The van der Waals surface area contributed by atoms with E-state index in [1.165, 1.54) is 0 Å². The first kappa shape index (κ1) is 15.6. The third-order valence-corrected chi connectivity index (χ3v) is 2.75. The zero-order chi connectivity index (χ0) is 14.1. The maximum absolute atomic E-state index is 5.70. The van der Waals surface area contributed by atoms with Gasteiger partial charge < -0.3 is 14.8 Å². The van der Waals surface area contributed by atoms with Crippen LogP contribution in [-0.4, -0.2) is 26.3 Å². The number of hydrogen-bond acceptors (Lipinski definition) is 3. The van der Waals surface area contributed by atoms with Gasteiger partial charge in [0.1, 0.15) is 0 Å². The van der Waals surface area contributed by atoms with Crippen LogP contribution in [0.4, 0.5) is 0 Å². The van der Waals surface area contributed by atoms with Crippen LogP contribution in [0.5, 0.6) is 11.5 Å². The summed E-state index contributed by atoms with van der Waals surface area (Å²) < 4.78 is 11.0. The number of ether oxygens (including phenoxy) is 2. The third-order valence-electron chi connectivity index (χ3n) is 2.75. The predicted molar refractivity (Wildman–Crippen MR) is 81.0 cm³/mol. The number of rotatable bonds is 8. The van der Waals surface area contributed by atoms with Gasteiger partial charge in [-0.05, 0) is 37.6 Å². The minimum absolute atomic E-state index is 0.368. The zero-order valence-electron chi connectivity index (χ0n) is 12.4. The number of likely N-dealkylation sites (N-methyl/N-ethyl adjacent to an activating group) is 1. The topological polar surface area (TPSA) is 30.5 Å². The average Bonchev–Trinajstić information content (AvgIpc) is 2.43. The molecule has 3 nitrogen and oxygen atoms in total. The molecule has 0 radical (unpaired) electrons. The molecule has 0 saturated heterocycles. The minimum atomic E-state index is 0.368. The van der Waals surface area contributed by atoms with E-state index in [4.69, 9.17) is 9.47 Å². The van der Waals surface area contributed by atoms with Gasteiger partial charge in [0.15, 0.2) is 11.5 Å². The summed E-state index contributed by atoms with van der Waals surface area (Å²) in [5.74, 6) is 1.59. The molecule has 1 aromatic rings. The summed E-state index contributed by atoms with van der Waals surface area (Å²) in [5, 5.41) is 3.34. The first-order valence-corrected chi connectivity index (χ1v) is 6.93. The van der Waals surface area contributed by atoms with Gasteiger partial charge >= 0.3 is 0 Å². The molecule has 1 N–H and O–H groups in total. The van der Waals surface area contributed by atoms with Crippen LogP contribution in [-0.2, 0) is 0 Å². The van der Waals surface area contributed by atoms with Crippen LogP contribution >= 0.6 is 0 Å². The number of benzene rings is 1. The zero-order valence-corrected chi connectivity index (χ0v) is 12.4. The molecule has 0 fully saturated rings. The van der Waals surface area contributed by atoms with E-state index >= 15 is 0 Å². The van der Waals surface area contributed by atoms with E-state index in [1.54, 1.807) is 7.11 Å². The number of methoxy groups -OCH3 is 1. The normalized spacial score (nSPS) is 12.6. The summed E-state index contributed by atoms with van der Waals surface area (Å²) in [5.41, 5.74) is 1.12. The summed E-state index contributed by atoms with van der Waals surface area (Å²) >= 11 is 0. The Morgan fingerprint density at radius 3 is 2.68 bits per heavy atom. The summed E-state index contributed by atoms with van der Waals surface area (Å²) in [6.45, 7) is 8.01. The molecule has 0 saturated carbocycles. The van der Waals surface area contributed by atoms with Gasteiger partial charge in [0.25, 0.3) is 0 Å². The van der Waals surface area contributed by atoms with Gasteiger partial charge in [-0.3, -0.25) is 0 Å². The van der Waals surface area contributed by atoms with Crippen molar-refractivity contribution in [3.05, 3.63) is 29.8 Å². The largest absolute Gasteiger partial charge is 0.493 e. The van der Waals surface area contributed by atoms with Gasteiger partial charge in [-0.15, -0.1) is 0 Å². The molecule has 1 aromatic carbocycles. The molecule has 0 spiro atoms. The fraction of sp³-hybridized carbons (Fsp3) is 0.500. The molecule has 3 heteroatoms. The highest BCUT2D eigenvalue weighted by Crippen LogP contribution is 2.28. The van der Waals surface area contributed by atoms with E-state index in [1.807, 2.05) is 18.2 Å². The summed E-state index contributed by atoms with van der Waals surface area (Å²) in [7, 11) is 1.66. The van der Waals surface area contributed by atoms with Crippen LogP contribution in [0, 0.1) is 0 Å². The molecule has 1 unspecified atom stereocenters. The van der Waals surface area contributed by atoms with Crippen molar-refractivity contribution in [1.29, 1.82) is 0 Å². The average molecular weight is 263 g/mol. The Bertz CT molecular complexity index is 402. The van der Waals surface area contributed by atoms with Gasteiger partial charge in [0.05, 0.1) is 13.7 Å². The van der Waals surface area contributed by atoms with Gasteiger partial charge in [-0.25, -0.2) is 0 Å². The van der Waals surface area contributed by atoms with Crippen LogP contribution in [0.25, 0.3) is 6.08 Å². The number of hydrogen-bond donors (Lipinski definition) is 1. The standard InChI is InChI=1S/C16H25NO2/c1-5-11-19-16-12-14(9-10-15(16)18-4)8-7-13(3)17-6-2/h7-10,12-13,17H,5-6,11H2,1-4H3/b8-7+.